The standard InChI is InChI=1S/C13H22N2OS/c1-3-4-13-14-11(9-17-13)7-15-6-5-10(2)12(16)8-15/h9-10,12,16H,3-8H2,1-2H3. The molecule has 0 spiro atoms. The number of hydrogen-bond donors (Lipinski definition) is 1. The number of thiazole rings is 1. The van der Waals surface area contributed by atoms with E-state index in [1.54, 1.807) is 11.3 Å². The fourth-order valence-electron chi connectivity index (χ4n) is 2.24. The summed E-state index contributed by atoms with van der Waals surface area (Å²) in [5.74, 6) is 0.442. The molecule has 0 amide bonds. The minimum Gasteiger partial charge on any atom is -0.392 e. The van der Waals surface area contributed by atoms with Gasteiger partial charge in [-0.25, -0.2) is 4.98 Å². The van der Waals surface area contributed by atoms with Crippen LogP contribution in [0.3, 0.4) is 0 Å². The summed E-state index contributed by atoms with van der Waals surface area (Å²) in [6, 6.07) is 0. The van der Waals surface area contributed by atoms with Gasteiger partial charge in [-0.2, -0.15) is 0 Å². The Morgan fingerprint density at radius 3 is 3.12 bits per heavy atom. The van der Waals surface area contributed by atoms with E-state index in [2.05, 4.69) is 29.1 Å². The van der Waals surface area contributed by atoms with Gasteiger partial charge in [0.1, 0.15) is 0 Å². The number of piperidine rings is 1. The predicted octanol–water partition coefficient (Wildman–Crippen LogP) is 2.30. The maximum atomic E-state index is 9.86. The molecule has 1 aliphatic rings. The lowest BCUT2D eigenvalue weighted by molar-refractivity contribution is 0.0255. The van der Waals surface area contributed by atoms with Gasteiger partial charge in [0, 0.05) is 18.5 Å². The molecule has 1 aromatic heterocycles. The molecular weight excluding hydrogens is 232 g/mol. The van der Waals surface area contributed by atoms with Gasteiger partial charge in [0.05, 0.1) is 16.8 Å². The van der Waals surface area contributed by atoms with Gasteiger partial charge in [-0.1, -0.05) is 13.8 Å². The molecule has 0 saturated carbocycles. The molecule has 1 saturated heterocycles. The van der Waals surface area contributed by atoms with Crippen LogP contribution in [0, 0.1) is 5.92 Å². The SMILES string of the molecule is CCCc1nc(CN2CCC(C)C(O)C2)cs1. The molecule has 0 aromatic carbocycles. The zero-order valence-corrected chi connectivity index (χ0v) is 11.5. The maximum Gasteiger partial charge on any atom is 0.0928 e. The van der Waals surface area contributed by atoms with Gasteiger partial charge in [-0.05, 0) is 31.7 Å². The van der Waals surface area contributed by atoms with Crippen LogP contribution in [0.5, 0.6) is 0 Å². The second kappa shape index (κ2) is 5.94. The molecule has 0 aliphatic carbocycles. The Balaban J connectivity index is 1.87. The highest BCUT2D eigenvalue weighted by Gasteiger charge is 2.24. The molecule has 2 atom stereocenters. The summed E-state index contributed by atoms with van der Waals surface area (Å²) in [5.41, 5.74) is 1.17. The summed E-state index contributed by atoms with van der Waals surface area (Å²) in [6.07, 6.45) is 3.17. The summed E-state index contributed by atoms with van der Waals surface area (Å²) in [4.78, 5) is 6.95. The number of nitrogens with zero attached hydrogens (tertiary/aromatic N) is 2. The van der Waals surface area contributed by atoms with Crippen LogP contribution in [0.15, 0.2) is 5.38 Å². The normalized spacial score (nSPS) is 26.3. The minimum atomic E-state index is -0.169. The smallest absolute Gasteiger partial charge is 0.0928 e. The molecule has 17 heavy (non-hydrogen) atoms. The Bertz CT molecular complexity index is 353. The van der Waals surface area contributed by atoms with Crippen molar-refractivity contribution in [2.24, 2.45) is 5.92 Å². The Labute approximate surface area is 107 Å². The Kier molecular flexibility index (Phi) is 4.54. The van der Waals surface area contributed by atoms with Crippen LogP contribution in [0.2, 0.25) is 0 Å². The highest BCUT2D eigenvalue weighted by molar-refractivity contribution is 7.09. The number of aliphatic hydroxyl groups is 1. The summed E-state index contributed by atoms with van der Waals surface area (Å²) in [6.45, 7) is 7.08. The number of aliphatic hydroxyl groups excluding tert-OH is 1. The summed E-state index contributed by atoms with van der Waals surface area (Å²) in [5, 5.41) is 13.3. The van der Waals surface area contributed by atoms with E-state index in [0.29, 0.717) is 5.92 Å². The topological polar surface area (TPSA) is 36.4 Å². The second-order valence-corrected chi connectivity index (χ2v) is 5.99. The maximum absolute atomic E-state index is 9.86. The third-order valence-corrected chi connectivity index (χ3v) is 4.41. The fraction of sp³-hybridized carbons (Fsp3) is 0.769. The van der Waals surface area contributed by atoms with E-state index in [9.17, 15) is 5.11 Å². The highest BCUT2D eigenvalue weighted by atomic mass is 32.1. The first-order valence-electron chi connectivity index (χ1n) is 6.52. The lowest BCUT2D eigenvalue weighted by Gasteiger charge is -2.33. The molecular formula is C13H22N2OS. The summed E-state index contributed by atoms with van der Waals surface area (Å²) < 4.78 is 0. The van der Waals surface area contributed by atoms with Crippen molar-refractivity contribution in [3.8, 4) is 0 Å². The fourth-order valence-corrected chi connectivity index (χ4v) is 3.13. The molecule has 0 radical (unpaired) electrons. The average molecular weight is 254 g/mol. The number of β-amino-alcohol motifs (C(OH)–C–C–N with tert-alkyl or cyclic N) is 1. The van der Waals surface area contributed by atoms with Gasteiger partial charge in [-0.15, -0.1) is 11.3 Å². The van der Waals surface area contributed by atoms with Gasteiger partial charge < -0.3 is 5.11 Å². The number of likely N-dealkylation sites (tertiary alicyclic amines) is 1. The minimum absolute atomic E-state index is 0.169. The van der Waals surface area contributed by atoms with Crippen molar-refractivity contribution in [1.29, 1.82) is 0 Å². The van der Waals surface area contributed by atoms with E-state index >= 15 is 0 Å². The molecule has 1 aromatic rings. The van der Waals surface area contributed by atoms with Gasteiger partial charge in [-0.3, -0.25) is 4.90 Å². The molecule has 4 heteroatoms. The molecule has 1 aliphatic heterocycles. The lowest BCUT2D eigenvalue weighted by atomic mass is 9.96. The van der Waals surface area contributed by atoms with Gasteiger partial charge >= 0.3 is 0 Å². The molecule has 96 valence electrons. The number of hydrogen-bond acceptors (Lipinski definition) is 4. The molecule has 2 unspecified atom stereocenters. The molecule has 3 nitrogen and oxygen atoms in total. The van der Waals surface area contributed by atoms with Crippen LogP contribution in [-0.4, -0.2) is 34.2 Å². The van der Waals surface area contributed by atoms with Gasteiger partial charge in [0.2, 0.25) is 0 Å². The molecule has 2 rings (SSSR count). The predicted molar refractivity (Wildman–Crippen MR) is 71.2 cm³/mol. The number of rotatable bonds is 4. The second-order valence-electron chi connectivity index (χ2n) is 5.05. The molecule has 0 bridgehead atoms. The van der Waals surface area contributed by atoms with Crippen LogP contribution in [0.1, 0.15) is 37.4 Å². The van der Waals surface area contributed by atoms with Crippen molar-refractivity contribution in [3.63, 3.8) is 0 Å². The van der Waals surface area contributed by atoms with E-state index in [4.69, 9.17) is 0 Å². The van der Waals surface area contributed by atoms with Crippen molar-refractivity contribution in [3.05, 3.63) is 16.1 Å². The molecule has 2 heterocycles. The van der Waals surface area contributed by atoms with Crippen molar-refractivity contribution in [1.82, 2.24) is 9.88 Å². The molecule has 1 fully saturated rings. The first-order chi connectivity index (χ1) is 8.19. The summed E-state index contributed by atoms with van der Waals surface area (Å²) >= 11 is 1.76. The van der Waals surface area contributed by atoms with E-state index in [1.165, 1.54) is 10.7 Å². The van der Waals surface area contributed by atoms with E-state index < -0.39 is 0 Å². The van der Waals surface area contributed by atoms with Crippen LogP contribution in [0.4, 0.5) is 0 Å². The number of aryl methyl sites for hydroxylation is 1. The van der Waals surface area contributed by atoms with Crippen LogP contribution in [0.25, 0.3) is 0 Å². The zero-order chi connectivity index (χ0) is 12.3. The quantitative estimate of drug-likeness (QED) is 0.895. The van der Waals surface area contributed by atoms with Crippen molar-refractivity contribution in [2.45, 2.75) is 45.8 Å². The molecule has 1 N–H and O–H groups in total. The monoisotopic (exact) mass is 254 g/mol. The first-order valence-corrected chi connectivity index (χ1v) is 7.40. The largest absolute Gasteiger partial charge is 0.392 e. The van der Waals surface area contributed by atoms with Gasteiger partial charge in [0.15, 0.2) is 0 Å². The zero-order valence-electron chi connectivity index (χ0n) is 10.7. The van der Waals surface area contributed by atoms with Crippen LogP contribution in [-0.2, 0) is 13.0 Å². The van der Waals surface area contributed by atoms with E-state index in [-0.39, 0.29) is 6.10 Å². The number of aromatic nitrogens is 1. The lowest BCUT2D eigenvalue weighted by Crippen LogP contribution is -2.42. The van der Waals surface area contributed by atoms with Crippen molar-refractivity contribution < 1.29 is 5.11 Å². The van der Waals surface area contributed by atoms with Crippen LogP contribution >= 0.6 is 11.3 Å². The van der Waals surface area contributed by atoms with Gasteiger partial charge in [0.25, 0.3) is 0 Å². The third kappa shape index (κ3) is 3.50. The Hall–Kier alpha value is -0.450. The van der Waals surface area contributed by atoms with Crippen molar-refractivity contribution in [2.75, 3.05) is 13.1 Å². The first kappa shape index (κ1) is 13.0. The van der Waals surface area contributed by atoms with E-state index in [1.807, 2.05) is 0 Å². The third-order valence-electron chi connectivity index (χ3n) is 3.45. The average Bonchev–Trinajstić information content (AvgIpc) is 2.72. The van der Waals surface area contributed by atoms with Crippen LogP contribution < -0.4 is 0 Å². The Morgan fingerprint density at radius 2 is 2.41 bits per heavy atom. The summed E-state index contributed by atoms with van der Waals surface area (Å²) in [7, 11) is 0. The Morgan fingerprint density at radius 1 is 1.59 bits per heavy atom. The van der Waals surface area contributed by atoms with Crippen molar-refractivity contribution >= 4 is 11.3 Å². The highest BCUT2D eigenvalue weighted by Crippen LogP contribution is 2.20. The van der Waals surface area contributed by atoms with E-state index in [0.717, 1.165) is 38.9 Å².